The first kappa shape index (κ1) is 13.4. The van der Waals surface area contributed by atoms with Crippen LogP contribution in [0, 0.1) is 0 Å². The van der Waals surface area contributed by atoms with E-state index in [9.17, 15) is 13.6 Å². The summed E-state index contributed by atoms with van der Waals surface area (Å²) < 4.78 is 23.8. The van der Waals surface area contributed by atoms with Gasteiger partial charge in [0.25, 0.3) is 6.43 Å². The molecule has 0 aromatic heterocycles. The molecule has 0 aliphatic rings. The van der Waals surface area contributed by atoms with Crippen LogP contribution in [0.3, 0.4) is 0 Å². The minimum absolute atomic E-state index is 0.303. The van der Waals surface area contributed by atoms with Crippen LogP contribution in [0.1, 0.15) is 5.56 Å². The van der Waals surface area contributed by atoms with E-state index in [0.29, 0.717) is 6.54 Å². The van der Waals surface area contributed by atoms with E-state index in [0.717, 1.165) is 5.56 Å². The summed E-state index contributed by atoms with van der Waals surface area (Å²) in [5, 5.41) is 13.4. The van der Waals surface area contributed by atoms with E-state index in [1.807, 2.05) is 30.3 Å². The Morgan fingerprint density at radius 3 is 2.47 bits per heavy atom. The van der Waals surface area contributed by atoms with Gasteiger partial charge in [0.1, 0.15) is 6.10 Å². The van der Waals surface area contributed by atoms with E-state index in [1.54, 1.807) is 0 Å². The molecule has 0 bridgehead atoms. The zero-order valence-electron chi connectivity index (χ0n) is 9.07. The fourth-order valence-electron chi connectivity index (χ4n) is 1.13. The molecule has 0 fully saturated rings. The second-order valence-electron chi connectivity index (χ2n) is 3.45. The lowest BCUT2D eigenvalue weighted by Gasteiger charge is -2.11. The molecule has 0 heterocycles. The Morgan fingerprint density at radius 2 is 1.88 bits per heavy atom. The van der Waals surface area contributed by atoms with Gasteiger partial charge in [-0.15, -0.1) is 0 Å². The standard InChI is InChI=1S/C11H14F2N2O2/c12-10(13)9(16)7-15-11(17)14-6-8-4-2-1-3-5-8/h1-5,9-10,16H,6-7H2,(H2,14,15,17). The monoisotopic (exact) mass is 244 g/mol. The molecular weight excluding hydrogens is 230 g/mol. The topological polar surface area (TPSA) is 61.4 Å². The van der Waals surface area contributed by atoms with Gasteiger partial charge in [-0.3, -0.25) is 0 Å². The van der Waals surface area contributed by atoms with Crippen molar-refractivity contribution in [3.8, 4) is 0 Å². The average Bonchev–Trinajstić information content (AvgIpc) is 2.34. The number of urea groups is 1. The number of rotatable bonds is 5. The summed E-state index contributed by atoms with van der Waals surface area (Å²) >= 11 is 0. The van der Waals surface area contributed by atoms with Gasteiger partial charge < -0.3 is 15.7 Å². The normalized spacial score (nSPS) is 12.2. The van der Waals surface area contributed by atoms with Gasteiger partial charge in [0.05, 0.1) is 6.54 Å². The number of aliphatic hydroxyl groups excluding tert-OH is 1. The molecule has 17 heavy (non-hydrogen) atoms. The molecule has 6 heteroatoms. The number of hydrogen-bond acceptors (Lipinski definition) is 2. The molecule has 1 aromatic rings. The molecule has 0 aliphatic carbocycles. The van der Waals surface area contributed by atoms with Crippen molar-refractivity contribution >= 4 is 6.03 Å². The molecule has 1 unspecified atom stereocenters. The molecule has 0 radical (unpaired) electrons. The fourth-order valence-corrected chi connectivity index (χ4v) is 1.13. The number of alkyl halides is 2. The Labute approximate surface area is 97.6 Å². The van der Waals surface area contributed by atoms with Gasteiger partial charge in [-0.1, -0.05) is 30.3 Å². The number of amides is 2. The van der Waals surface area contributed by atoms with Crippen LogP contribution in [0.2, 0.25) is 0 Å². The Balaban J connectivity index is 2.22. The summed E-state index contributed by atoms with van der Waals surface area (Å²) in [7, 11) is 0. The lowest BCUT2D eigenvalue weighted by atomic mass is 10.2. The van der Waals surface area contributed by atoms with Gasteiger partial charge >= 0.3 is 6.03 Å². The molecule has 2 amide bonds. The Morgan fingerprint density at radius 1 is 1.24 bits per heavy atom. The van der Waals surface area contributed by atoms with Gasteiger partial charge in [-0.25, -0.2) is 13.6 Å². The third kappa shape index (κ3) is 5.26. The van der Waals surface area contributed by atoms with Gasteiger partial charge in [0.15, 0.2) is 0 Å². The SMILES string of the molecule is O=C(NCc1ccccc1)NCC(O)C(F)F. The number of aliphatic hydroxyl groups is 1. The van der Waals surface area contributed by atoms with Crippen LogP contribution in [0.5, 0.6) is 0 Å². The van der Waals surface area contributed by atoms with Crippen molar-refractivity contribution in [2.45, 2.75) is 19.1 Å². The largest absolute Gasteiger partial charge is 0.385 e. The van der Waals surface area contributed by atoms with Crippen LogP contribution in [0.15, 0.2) is 30.3 Å². The maximum atomic E-state index is 11.9. The number of halogens is 2. The van der Waals surface area contributed by atoms with E-state index >= 15 is 0 Å². The summed E-state index contributed by atoms with van der Waals surface area (Å²) in [6, 6.07) is 8.57. The summed E-state index contributed by atoms with van der Waals surface area (Å²) in [6.07, 6.45) is -4.69. The summed E-state index contributed by atoms with van der Waals surface area (Å²) in [4.78, 5) is 11.2. The molecule has 0 aliphatic heterocycles. The Kier molecular flexibility index (Phi) is 5.35. The first-order valence-electron chi connectivity index (χ1n) is 5.11. The van der Waals surface area contributed by atoms with Crippen LogP contribution in [-0.2, 0) is 6.54 Å². The molecule has 0 saturated heterocycles. The highest BCUT2D eigenvalue weighted by molar-refractivity contribution is 5.73. The van der Waals surface area contributed by atoms with Crippen LogP contribution in [0.25, 0.3) is 0 Å². The van der Waals surface area contributed by atoms with E-state index in [4.69, 9.17) is 5.11 Å². The van der Waals surface area contributed by atoms with E-state index in [1.165, 1.54) is 0 Å². The van der Waals surface area contributed by atoms with E-state index in [2.05, 4.69) is 10.6 Å². The van der Waals surface area contributed by atoms with Crippen molar-refractivity contribution in [1.82, 2.24) is 10.6 Å². The summed E-state index contributed by atoms with van der Waals surface area (Å²) in [5.74, 6) is 0. The Bertz CT molecular complexity index is 347. The molecule has 1 aromatic carbocycles. The molecule has 1 rings (SSSR count). The van der Waals surface area contributed by atoms with Crippen molar-refractivity contribution in [2.75, 3.05) is 6.54 Å². The molecule has 0 saturated carbocycles. The highest BCUT2D eigenvalue weighted by Gasteiger charge is 2.17. The Hall–Kier alpha value is -1.69. The smallest absolute Gasteiger partial charge is 0.315 e. The minimum Gasteiger partial charge on any atom is -0.385 e. The van der Waals surface area contributed by atoms with Crippen LogP contribution in [0.4, 0.5) is 13.6 Å². The van der Waals surface area contributed by atoms with Crippen molar-refractivity contribution in [3.63, 3.8) is 0 Å². The van der Waals surface area contributed by atoms with Crippen molar-refractivity contribution in [1.29, 1.82) is 0 Å². The fraction of sp³-hybridized carbons (Fsp3) is 0.364. The van der Waals surface area contributed by atoms with Crippen LogP contribution >= 0.6 is 0 Å². The van der Waals surface area contributed by atoms with Gasteiger partial charge in [-0.2, -0.15) is 0 Å². The maximum absolute atomic E-state index is 11.9. The van der Waals surface area contributed by atoms with Crippen LogP contribution < -0.4 is 10.6 Å². The van der Waals surface area contributed by atoms with Crippen LogP contribution in [-0.4, -0.2) is 30.2 Å². The van der Waals surface area contributed by atoms with Gasteiger partial charge in [0.2, 0.25) is 0 Å². The molecular formula is C11H14F2N2O2. The zero-order chi connectivity index (χ0) is 12.7. The second kappa shape index (κ2) is 6.80. The maximum Gasteiger partial charge on any atom is 0.315 e. The lowest BCUT2D eigenvalue weighted by molar-refractivity contribution is -0.00175. The molecule has 94 valence electrons. The first-order valence-corrected chi connectivity index (χ1v) is 5.11. The minimum atomic E-state index is -2.86. The molecule has 1 atom stereocenters. The molecule has 4 nitrogen and oxygen atoms in total. The second-order valence-corrected chi connectivity index (χ2v) is 3.45. The van der Waals surface area contributed by atoms with E-state index < -0.39 is 25.1 Å². The van der Waals surface area contributed by atoms with E-state index in [-0.39, 0.29) is 0 Å². The predicted molar refractivity (Wildman–Crippen MR) is 58.7 cm³/mol. The first-order chi connectivity index (χ1) is 8.09. The highest BCUT2D eigenvalue weighted by atomic mass is 19.3. The number of carbonyl (C=O) groups excluding carboxylic acids is 1. The zero-order valence-corrected chi connectivity index (χ0v) is 9.07. The quantitative estimate of drug-likeness (QED) is 0.726. The predicted octanol–water partition coefficient (Wildman–Crippen LogP) is 1.11. The average molecular weight is 244 g/mol. The van der Waals surface area contributed by atoms with Crippen molar-refractivity contribution in [3.05, 3.63) is 35.9 Å². The lowest BCUT2D eigenvalue weighted by Crippen LogP contribution is -2.41. The van der Waals surface area contributed by atoms with Gasteiger partial charge in [0, 0.05) is 6.54 Å². The number of carbonyl (C=O) groups is 1. The third-order valence-electron chi connectivity index (χ3n) is 2.06. The molecule has 3 N–H and O–H groups in total. The summed E-state index contributed by atoms with van der Waals surface area (Å²) in [6.45, 7) is -0.171. The number of benzene rings is 1. The number of nitrogens with one attached hydrogen (secondary N) is 2. The highest BCUT2D eigenvalue weighted by Crippen LogP contribution is 1.99. The number of hydrogen-bond donors (Lipinski definition) is 3. The summed E-state index contributed by atoms with van der Waals surface area (Å²) in [5.41, 5.74) is 0.900. The van der Waals surface area contributed by atoms with Gasteiger partial charge in [-0.05, 0) is 5.56 Å². The van der Waals surface area contributed by atoms with Crippen molar-refractivity contribution in [2.24, 2.45) is 0 Å². The third-order valence-corrected chi connectivity index (χ3v) is 2.06. The molecule has 0 spiro atoms. The van der Waals surface area contributed by atoms with Crippen molar-refractivity contribution < 1.29 is 18.7 Å².